The Morgan fingerprint density at radius 1 is 1.04 bits per heavy atom. The molecule has 2 aromatic carbocycles. The van der Waals surface area contributed by atoms with Crippen LogP contribution in [-0.2, 0) is 6.54 Å². The van der Waals surface area contributed by atoms with E-state index in [4.69, 9.17) is 9.15 Å². The Labute approximate surface area is 135 Å². The van der Waals surface area contributed by atoms with Crippen LogP contribution in [0.4, 0.5) is 5.69 Å². The van der Waals surface area contributed by atoms with E-state index in [-0.39, 0.29) is 0 Å². The van der Waals surface area contributed by atoms with E-state index in [1.807, 2.05) is 24.3 Å². The number of methoxy groups -OCH3 is 1. The normalized spacial score (nSPS) is 10.6. The minimum atomic E-state index is 0.458. The maximum Gasteiger partial charge on any atom is 0.251 e. The summed E-state index contributed by atoms with van der Waals surface area (Å²) in [6, 6.07) is 13.9. The maximum atomic E-state index is 5.73. The number of hydrogen-bond acceptors (Lipinski definition) is 5. The van der Waals surface area contributed by atoms with Crippen molar-refractivity contribution in [2.75, 3.05) is 12.4 Å². The molecular weight excluding hydrogens is 290 g/mol. The summed E-state index contributed by atoms with van der Waals surface area (Å²) in [5.41, 5.74) is 4.26. The van der Waals surface area contributed by atoms with Crippen LogP contribution in [0.3, 0.4) is 0 Å². The summed E-state index contributed by atoms with van der Waals surface area (Å²) in [6.07, 6.45) is 0. The van der Waals surface area contributed by atoms with Crippen LogP contribution in [0.2, 0.25) is 0 Å². The summed E-state index contributed by atoms with van der Waals surface area (Å²) in [5.74, 6) is 1.70. The largest absolute Gasteiger partial charge is 0.496 e. The molecule has 118 valence electrons. The molecule has 1 aromatic heterocycles. The van der Waals surface area contributed by atoms with Gasteiger partial charge in [-0.3, -0.25) is 0 Å². The molecule has 0 aliphatic heterocycles. The fourth-order valence-electron chi connectivity index (χ4n) is 2.51. The van der Waals surface area contributed by atoms with Crippen molar-refractivity contribution in [3.8, 4) is 17.2 Å². The molecule has 0 bridgehead atoms. The molecule has 23 heavy (non-hydrogen) atoms. The molecule has 0 atom stereocenters. The number of aromatic nitrogens is 2. The Morgan fingerprint density at radius 2 is 1.78 bits per heavy atom. The van der Waals surface area contributed by atoms with Crippen molar-refractivity contribution in [3.05, 3.63) is 59.5 Å². The molecule has 0 radical (unpaired) electrons. The van der Waals surface area contributed by atoms with Gasteiger partial charge in [0.25, 0.3) is 5.89 Å². The summed E-state index contributed by atoms with van der Waals surface area (Å²) >= 11 is 0. The van der Waals surface area contributed by atoms with E-state index < -0.39 is 0 Å². The molecule has 0 aliphatic rings. The van der Waals surface area contributed by atoms with Gasteiger partial charge in [0.2, 0.25) is 5.89 Å². The first-order chi connectivity index (χ1) is 11.2. The predicted octanol–water partition coefficient (Wildman–Crippen LogP) is 3.97. The molecule has 0 aliphatic carbocycles. The molecule has 0 saturated carbocycles. The minimum absolute atomic E-state index is 0.458. The van der Waals surface area contributed by atoms with Gasteiger partial charge in [-0.05, 0) is 49.2 Å². The average molecular weight is 309 g/mol. The van der Waals surface area contributed by atoms with Crippen LogP contribution in [0.5, 0.6) is 5.75 Å². The van der Waals surface area contributed by atoms with E-state index in [0.29, 0.717) is 24.1 Å². The number of para-hydroxylation sites is 1. The lowest BCUT2D eigenvalue weighted by Gasteiger charge is -2.06. The third kappa shape index (κ3) is 3.51. The highest BCUT2D eigenvalue weighted by Crippen LogP contribution is 2.28. The van der Waals surface area contributed by atoms with Gasteiger partial charge >= 0.3 is 0 Å². The van der Waals surface area contributed by atoms with Crippen molar-refractivity contribution in [3.63, 3.8) is 0 Å². The van der Waals surface area contributed by atoms with Crippen molar-refractivity contribution >= 4 is 5.69 Å². The Bertz CT molecular complexity index is 791. The van der Waals surface area contributed by atoms with Crippen molar-refractivity contribution in [2.45, 2.75) is 20.4 Å². The lowest BCUT2D eigenvalue weighted by atomic mass is 10.1. The van der Waals surface area contributed by atoms with Gasteiger partial charge in [-0.15, -0.1) is 10.2 Å². The number of hydrogen-bond donors (Lipinski definition) is 1. The molecule has 5 nitrogen and oxygen atoms in total. The number of rotatable bonds is 5. The van der Waals surface area contributed by atoms with Crippen molar-refractivity contribution in [2.24, 2.45) is 0 Å². The van der Waals surface area contributed by atoms with Gasteiger partial charge in [-0.1, -0.05) is 18.2 Å². The first kappa shape index (κ1) is 15.1. The molecule has 3 aromatic rings. The van der Waals surface area contributed by atoms with Crippen LogP contribution in [-0.4, -0.2) is 17.3 Å². The number of anilines is 1. The highest BCUT2D eigenvalue weighted by atomic mass is 16.5. The monoisotopic (exact) mass is 309 g/mol. The van der Waals surface area contributed by atoms with Crippen LogP contribution >= 0.6 is 0 Å². The van der Waals surface area contributed by atoms with Gasteiger partial charge in [0.05, 0.1) is 19.2 Å². The van der Waals surface area contributed by atoms with Crippen LogP contribution in [0, 0.1) is 13.8 Å². The molecule has 0 fully saturated rings. The van der Waals surface area contributed by atoms with E-state index in [0.717, 1.165) is 11.3 Å². The van der Waals surface area contributed by atoms with Gasteiger partial charge in [-0.25, -0.2) is 0 Å². The summed E-state index contributed by atoms with van der Waals surface area (Å²) in [5, 5.41) is 11.5. The molecule has 0 amide bonds. The molecule has 0 saturated heterocycles. The van der Waals surface area contributed by atoms with E-state index in [1.165, 1.54) is 11.1 Å². The number of ether oxygens (including phenoxy) is 1. The fourth-order valence-corrected chi connectivity index (χ4v) is 2.51. The van der Waals surface area contributed by atoms with Crippen LogP contribution in [0.15, 0.2) is 46.9 Å². The van der Waals surface area contributed by atoms with Gasteiger partial charge in [0, 0.05) is 5.69 Å². The lowest BCUT2D eigenvalue weighted by molar-refractivity contribution is 0.413. The Kier molecular flexibility index (Phi) is 4.28. The Balaban J connectivity index is 1.75. The summed E-state index contributed by atoms with van der Waals surface area (Å²) < 4.78 is 11.1. The SMILES string of the molecule is COc1ccccc1-c1nnc(CNc2cc(C)cc(C)c2)o1. The Morgan fingerprint density at radius 3 is 2.52 bits per heavy atom. The molecule has 3 rings (SSSR count). The highest BCUT2D eigenvalue weighted by Gasteiger charge is 2.12. The van der Waals surface area contributed by atoms with Crippen LogP contribution < -0.4 is 10.1 Å². The third-order valence-corrected chi connectivity index (χ3v) is 3.47. The second-order valence-electron chi connectivity index (χ2n) is 5.43. The predicted molar refractivity (Wildman–Crippen MR) is 89.5 cm³/mol. The first-order valence-corrected chi connectivity index (χ1v) is 7.43. The summed E-state index contributed by atoms with van der Waals surface area (Å²) in [4.78, 5) is 0. The molecule has 1 heterocycles. The summed E-state index contributed by atoms with van der Waals surface area (Å²) in [7, 11) is 1.62. The van der Waals surface area contributed by atoms with Gasteiger partial charge in [0.15, 0.2) is 0 Å². The fraction of sp³-hybridized carbons (Fsp3) is 0.222. The average Bonchev–Trinajstić information content (AvgIpc) is 3.01. The van der Waals surface area contributed by atoms with Crippen LogP contribution in [0.1, 0.15) is 17.0 Å². The molecule has 5 heteroatoms. The quantitative estimate of drug-likeness (QED) is 0.772. The summed E-state index contributed by atoms with van der Waals surface area (Å²) in [6.45, 7) is 4.63. The number of aryl methyl sites for hydroxylation is 2. The molecule has 1 N–H and O–H groups in total. The number of nitrogens with zero attached hydrogens (tertiary/aromatic N) is 2. The van der Waals surface area contributed by atoms with E-state index in [1.54, 1.807) is 7.11 Å². The molecule has 0 spiro atoms. The second-order valence-corrected chi connectivity index (χ2v) is 5.43. The van der Waals surface area contributed by atoms with Gasteiger partial charge in [-0.2, -0.15) is 0 Å². The topological polar surface area (TPSA) is 60.2 Å². The van der Waals surface area contributed by atoms with Crippen molar-refractivity contribution in [1.29, 1.82) is 0 Å². The maximum absolute atomic E-state index is 5.73. The molecular formula is C18H19N3O2. The second kappa shape index (κ2) is 6.52. The van der Waals surface area contributed by atoms with Gasteiger partial charge in [0.1, 0.15) is 5.75 Å². The minimum Gasteiger partial charge on any atom is -0.496 e. The lowest BCUT2D eigenvalue weighted by Crippen LogP contribution is -2.00. The highest BCUT2D eigenvalue weighted by molar-refractivity contribution is 5.62. The zero-order chi connectivity index (χ0) is 16.2. The standard InChI is InChI=1S/C18H19N3O2/c1-12-8-13(2)10-14(9-12)19-11-17-20-21-18(23-17)15-6-4-5-7-16(15)22-3/h4-10,19H,11H2,1-3H3. The first-order valence-electron chi connectivity index (χ1n) is 7.43. The van der Waals surface area contributed by atoms with Crippen LogP contribution in [0.25, 0.3) is 11.5 Å². The van der Waals surface area contributed by atoms with Crippen molar-refractivity contribution < 1.29 is 9.15 Å². The van der Waals surface area contributed by atoms with Gasteiger partial charge < -0.3 is 14.5 Å². The van der Waals surface area contributed by atoms with E-state index in [9.17, 15) is 0 Å². The van der Waals surface area contributed by atoms with Crippen molar-refractivity contribution in [1.82, 2.24) is 10.2 Å². The number of nitrogens with one attached hydrogen (secondary N) is 1. The zero-order valence-electron chi connectivity index (χ0n) is 13.5. The van der Waals surface area contributed by atoms with E-state index in [2.05, 4.69) is 47.6 Å². The smallest absolute Gasteiger partial charge is 0.251 e. The number of benzene rings is 2. The Hall–Kier alpha value is -2.82. The zero-order valence-corrected chi connectivity index (χ0v) is 13.5. The molecule has 0 unspecified atom stereocenters. The third-order valence-electron chi connectivity index (χ3n) is 3.47. The van der Waals surface area contributed by atoms with E-state index >= 15 is 0 Å².